The third-order valence-corrected chi connectivity index (χ3v) is 4.46. The molecule has 1 aliphatic heterocycles. The van der Waals surface area contributed by atoms with Gasteiger partial charge in [0.1, 0.15) is 0 Å². The molecule has 0 radical (unpaired) electrons. The number of nitrogens with zero attached hydrogens (tertiary/aromatic N) is 1. The fourth-order valence-corrected chi connectivity index (χ4v) is 3.24. The topological polar surface area (TPSA) is 46.3 Å². The van der Waals surface area contributed by atoms with Crippen LogP contribution in [0.15, 0.2) is 30.3 Å². The molecule has 0 saturated carbocycles. The summed E-state index contributed by atoms with van der Waals surface area (Å²) < 4.78 is 0. The maximum Gasteiger partial charge on any atom is 0.240 e. The standard InChI is InChI=1S/C14H20N2OS/c1-11-10-18-8-7-16(11)14(17)13(15)9-12-5-3-2-4-6-12/h2-6,11,13H,7-10,15H2,1H3/t11?,13-/m1/s1. The summed E-state index contributed by atoms with van der Waals surface area (Å²) in [4.78, 5) is 14.2. The van der Waals surface area contributed by atoms with Crippen molar-refractivity contribution >= 4 is 17.7 Å². The van der Waals surface area contributed by atoms with Crippen molar-refractivity contribution in [2.24, 2.45) is 5.73 Å². The normalized spacial score (nSPS) is 21.7. The molecule has 0 bridgehead atoms. The van der Waals surface area contributed by atoms with Gasteiger partial charge in [0.2, 0.25) is 5.91 Å². The largest absolute Gasteiger partial charge is 0.337 e. The average molecular weight is 264 g/mol. The number of benzene rings is 1. The summed E-state index contributed by atoms with van der Waals surface area (Å²) in [5, 5.41) is 0. The van der Waals surface area contributed by atoms with Crippen LogP contribution >= 0.6 is 11.8 Å². The summed E-state index contributed by atoms with van der Waals surface area (Å²) >= 11 is 1.91. The molecule has 1 fully saturated rings. The molecule has 1 aliphatic rings. The molecule has 18 heavy (non-hydrogen) atoms. The Morgan fingerprint density at radius 3 is 2.89 bits per heavy atom. The molecule has 4 heteroatoms. The Labute approximate surface area is 113 Å². The fraction of sp³-hybridized carbons (Fsp3) is 0.500. The van der Waals surface area contributed by atoms with Crippen LogP contribution in [0.5, 0.6) is 0 Å². The second kappa shape index (κ2) is 6.25. The van der Waals surface area contributed by atoms with Crippen molar-refractivity contribution in [1.29, 1.82) is 0 Å². The first-order valence-corrected chi connectivity index (χ1v) is 7.51. The van der Waals surface area contributed by atoms with Gasteiger partial charge >= 0.3 is 0 Å². The number of nitrogens with two attached hydrogens (primary N) is 1. The van der Waals surface area contributed by atoms with Crippen LogP contribution in [0, 0.1) is 0 Å². The number of hydrogen-bond acceptors (Lipinski definition) is 3. The zero-order valence-corrected chi connectivity index (χ0v) is 11.5. The van der Waals surface area contributed by atoms with Gasteiger partial charge in [0.25, 0.3) is 0 Å². The average Bonchev–Trinajstić information content (AvgIpc) is 2.39. The molecule has 1 aromatic carbocycles. The van der Waals surface area contributed by atoms with E-state index in [9.17, 15) is 4.79 Å². The van der Waals surface area contributed by atoms with Crippen LogP contribution in [-0.4, -0.2) is 40.9 Å². The predicted molar refractivity (Wildman–Crippen MR) is 76.6 cm³/mol. The van der Waals surface area contributed by atoms with E-state index in [0.717, 1.165) is 23.6 Å². The number of thioether (sulfide) groups is 1. The lowest BCUT2D eigenvalue weighted by Gasteiger charge is -2.34. The van der Waals surface area contributed by atoms with Crippen LogP contribution in [0.25, 0.3) is 0 Å². The van der Waals surface area contributed by atoms with Gasteiger partial charge in [-0.2, -0.15) is 11.8 Å². The van der Waals surface area contributed by atoms with Crippen molar-refractivity contribution in [3.63, 3.8) is 0 Å². The summed E-state index contributed by atoms with van der Waals surface area (Å²) in [6.45, 7) is 2.92. The second-order valence-electron chi connectivity index (χ2n) is 4.75. The summed E-state index contributed by atoms with van der Waals surface area (Å²) in [7, 11) is 0. The van der Waals surface area contributed by atoms with E-state index in [0.29, 0.717) is 12.5 Å². The molecule has 1 heterocycles. The molecule has 1 aromatic rings. The molecule has 0 aromatic heterocycles. The Kier molecular flexibility index (Phi) is 4.66. The second-order valence-corrected chi connectivity index (χ2v) is 5.90. The SMILES string of the molecule is CC1CSCCN1C(=O)[C@H](N)Cc1ccccc1. The van der Waals surface area contributed by atoms with Crippen LogP contribution in [0.2, 0.25) is 0 Å². The van der Waals surface area contributed by atoms with Crippen molar-refractivity contribution in [1.82, 2.24) is 4.90 Å². The molecular formula is C14H20N2OS. The monoisotopic (exact) mass is 264 g/mol. The lowest BCUT2D eigenvalue weighted by molar-refractivity contribution is -0.134. The minimum absolute atomic E-state index is 0.0895. The Balaban J connectivity index is 1.96. The Bertz CT molecular complexity index is 396. The van der Waals surface area contributed by atoms with Gasteiger partial charge in [-0.3, -0.25) is 4.79 Å². The summed E-state index contributed by atoms with van der Waals surface area (Å²) in [5.41, 5.74) is 7.17. The highest BCUT2D eigenvalue weighted by molar-refractivity contribution is 7.99. The van der Waals surface area contributed by atoms with E-state index in [1.54, 1.807) is 0 Å². The molecule has 2 atom stereocenters. The lowest BCUT2D eigenvalue weighted by atomic mass is 10.1. The number of rotatable bonds is 3. The quantitative estimate of drug-likeness (QED) is 0.900. The zero-order chi connectivity index (χ0) is 13.0. The highest BCUT2D eigenvalue weighted by atomic mass is 32.2. The summed E-state index contributed by atoms with van der Waals surface area (Å²) in [6.07, 6.45) is 0.621. The molecule has 3 nitrogen and oxygen atoms in total. The molecular weight excluding hydrogens is 244 g/mol. The number of amides is 1. The summed E-state index contributed by atoms with van der Waals surface area (Å²) in [6, 6.07) is 9.85. The molecule has 2 N–H and O–H groups in total. The van der Waals surface area contributed by atoms with Crippen molar-refractivity contribution < 1.29 is 4.79 Å². The number of carbonyl (C=O) groups excluding carboxylic acids is 1. The van der Waals surface area contributed by atoms with Gasteiger partial charge in [0.05, 0.1) is 6.04 Å². The van der Waals surface area contributed by atoms with Crippen molar-refractivity contribution in [2.45, 2.75) is 25.4 Å². The highest BCUT2D eigenvalue weighted by Crippen LogP contribution is 2.17. The molecule has 0 spiro atoms. The van der Waals surface area contributed by atoms with E-state index in [-0.39, 0.29) is 5.91 Å². The minimum atomic E-state index is -0.419. The number of hydrogen-bond donors (Lipinski definition) is 1. The predicted octanol–water partition coefficient (Wildman–Crippen LogP) is 1.52. The molecule has 98 valence electrons. The maximum absolute atomic E-state index is 12.3. The van der Waals surface area contributed by atoms with Gasteiger partial charge in [0, 0.05) is 24.1 Å². The Morgan fingerprint density at radius 2 is 2.22 bits per heavy atom. The smallest absolute Gasteiger partial charge is 0.240 e. The van der Waals surface area contributed by atoms with E-state index in [1.807, 2.05) is 47.0 Å². The van der Waals surface area contributed by atoms with E-state index in [2.05, 4.69) is 6.92 Å². The van der Waals surface area contributed by atoms with Gasteiger partial charge in [-0.1, -0.05) is 30.3 Å². The van der Waals surface area contributed by atoms with Crippen molar-refractivity contribution in [2.75, 3.05) is 18.1 Å². The van der Waals surface area contributed by atoms with Crippen molar-refractivity contribution in [3.8, 4) is 0 Å². The van der Waals surface area contributed by atoms with Crippen LogP contribution < -0.4 is 5.73 Å². The maximum atomic E-state index is 12.3. The molecule has 0 aliphatic carbocycles. The van der Waals surface area contributed by atoms with Gasteiger partial charge in [-0.25, -0.2) is 0 Å². The fourth-order valence-electron chi connectivity index (χ4n) is 2.22. The first kappa shape index (κ1) is 13.4. The van der Waals surface area contributed by atoms with Gasteiger partial charge in [-0.05, 0) is 18.9 Å². The van der Waals surface area contributed by atoms with E-state index in [1.165, 1.54) is 0 Å². The van der Waals surface area contributed by atoms with Crippen LogP contribution in [0.4, 0.5) is 0 Å². The minimum Gasteiger partial charge on any atom is -0.337 e. The van der Waals surface area contributed by atoms with Crippen LogP contribution in [0.1, 0.15) is 12.5 Å². The van der Waals surface area contributed by atoms with Gasteiger partial charge < -0.3 is 10.6 Å². The molecule has 1 unspecified atom stereocenters. The van der Waals surface area contributed by atoms with Gasteiger partial charge in [-0.15, -0.1) is 0 Å². The lowest BCUT2D eigenvalue weighted by Crippen LogP contribution is -2.51. The van der Waals surface area contributed by atoms with Gasteiger partial charge in [0.15, 0.2) is 0 Å². The molecule has 1 saturated heterocycles. The first-order chi connectivity index (χ1) is 8.68. The Hall–Kier alpha value is -1.00. The third kappa shape index (κ3) is 3.27. The summed E-state index contributed by atoms with van der Waals surface area (Å²) in [5.74, 6) is 2.13. The van der Waals surface area contributed by atoms with Crippen LogP contribution in [-0.2, 0) is 11.2 Å². The van der Waals surface area contributed by atoms with Crippen molar-refractivity contribution in [3.05, 3.63) is 35.9 Å². The third-order valence-electron chi connectivity index (χ3n) is 3.27. The van der Waals surface area contributed by atoms with Crippen LogP contribution in [0.3, 0.4) is 0 Å². The van der Waals surface area contributed by atoms with E-state index in [4.69, 9.17) is 5.73 Å². The molecule has 1 amide bonds. The highest BCUT2D eigenvalue weighted by Gasteiger charge is 2.27. The Morgan fingerprint density at radius 1 is 1.50 bits per heavy atom. The molecule has 2 rings (SSSR count). The van der Waals surface area contributed by atoms with E-state index < -0.39 is 6.04 Å². The number of carbonyl (C=O) groups is 1. The van der Waals surface area contributed by atoms with E-state index >= 15 is 0 Å². The zero-order valence-electron chi connectivity index (χ0n) is 10.7. The first-order valence-electron chi connectivity index (χ1n) is 6.36.